The number of carbonyl (C=O) groups is 1. The first-order valence-corrected chi connectivity index (χ1v) is 6.13. The van der Waals surface area contributed by atoms with Gasteiger partial charge in [0.1, 0.15) is 4.99 Å². The number of rotatable bonds is 4. The molecule has 0 aliphatic heterocycles. The molecule has 1 aromatic rings. The summed E-state index contributed by atoms with van der Waals surface area (Å²) >= 11 is 4.96. The van der Waals surface area contributed by atoms with Crippen LogP contribution in [-0.4, -0.2) is 24.7 Å². The summed E-state index contributed by atoms with van der Waals surface area (Å²) in [6.45, 7) is 4.35. The van der Waals surface area contributed by atoms with Crippen molar-refractivity contribution < 1.29 is 9.53 Å². The molecule has 1 aromatic carbocycles. The van der Waals surface area contributed by atoms with Crippen molar-refractivity contribution in [2.75, 3.05) is 18.6 Å². The van der Waals surface area contributed by atoms with Gasteiger partial charge in [-0.05, 0) is 18.1 Å². The average Bonchev–Trinajstić information content (AvgIpc) is 2.34. The summed E-state index contributed by atoms with van der Waals surface area (Å²) < 4.78 is 5.16. The molecule has 0 unspecified atom stereocenters. The fourth-order valence-corrected chi connectivity index (χ4v) is 1.58. The van der Waals surface area contributed by atoms with Crippen molar-refractivity contribution in [2.45, 2.75) is 13.8 Å². The molecule has 0 aliphatic carbocycles. The van der Waals surface area contributed by atoms with E-state index in [-0.39, 0.29) is 4.99 Å². The van der Waals surface area contributed by atoms with E-state index in [4.69, 9.17) is 22.7 Å². The number of amides is 1. The molecule has 0 heterocycles. The molecule has 0 aromatic heterocycles. The van der Waals surface area contributed by atoms with E-state index in [1.165, 1.54) is 4.90 Å². The van der Waals surface area contributed by atoms with Gasteiger partial charge in [-0.2, -0.15) is 0 Å². The van der Waals surface area contributed by atoms with Crippen LogP contribution in [0.15, 0.2) is 24.3 Å². The SMILES string of the molecule is CC(C)COC(=O)N(C)c1ccccc1C(N)=S. The number of para-hydroxylation sites is 1. The molecule has 1 amide bonds. The second kappa shape index (κ2) is 6.35. The van der Waals surface area contributed by atoms with Gasteiger partial charge in [0.2, 0.25) is 0 Å². The number of anilines is 1. The van der Waals surface area contributed by atoms with Crippen LogP contribution < -0.4 is 10.6 Å². The summed E-state index contributed by atoms with van der Waals surface area (Å²) in [5.41, 5.74) is 6.94. The van der Waals surface area contributed by atoms with Crippen molar-refractivity contribution >= 4 is 29.0 Å². The molecule has 98 valence electrons. The van der Waals surface area contributed by atoms with Crippen molar-refractivity contribution in [3.63, 3.8) is 0 Å². The highest BCUT2D eigenvalue weighted by Gasteiger charge is 2.16. The number of nitrogens with zero attached hydrogens (tertiary/aromatic N) is 1. The Balaban J connectivity index is 2.86. The molecular weight excluding hydrogens is 248 g/mol. The molecule has 0 saturated heterocycles. The van der Waals surface area contributed by atoms with Crippen molar-refractivity contribution in [2.24, 2.45) is 11.7 Å². The van der Waals surface area contributed by atoms with Crippen LogP contribution in [0.3, 0.4) is 0 Å². The van der Waals surface area contributed by atoms with E-state index >= 15 is 0 Å². The molecule has 0 fully saturated rings. The van der Waals surface area contributed by atoms with Gasteiger partial charge in [0.15, 0.2) is 0 Å². The van der Waals surface area contributed by atoms with Gasteiger partial charge in [-0.3, -0.25) is 4.90 Å². The molecule has 1 rings (SSSR count). The summed E-state index contributed by atoms with van der Waals surface area (Å²) in [6, 6.07) is 7.21. The van der Waals surface area contributed by atoms with E-state index in [0.29, 0.717) is 23.8 Å². The number of ether oxygens (including phenoxy) is 1. The van der Waals surface area contributed by atoms with Gasteiger partial charge < -0.3 is 10.5 Å². The molecule has 0 saturated carbocycles. The van der Waals surface area contributed by atoms with Crippen molar-refractivity contribution in [3.05, 3.63) is 29.8 Å². The zero-order valence-electron chi connectivity index (χ0n) is 10.8. The van der Waals surface area contributed by atoms with Gasteiger partial charge in [-0.25, -0.2) is 4.79 Å². The fourth-order valence-electron chi connectivity index (χ4n) is 1.41. The van der Waals surface area contributed by atoms with Gasteiger partial charge in [-0.15, -0.1) is 0 Å². The molecule has 4 nitrogen and oxygen atoms in total. The second-order valence-electron chi connectivity index (χ2n) is 4.41. The zero-order chi connectivity index (χ0) is 13.7. The van der Waals surface area contributed by atoms with E-state index in [1.807, 2.05) is 26.0 Å². The van der Waals surface area contributed by atoms with E-state index < -0.39 is 6.09 Å². The Labute approximate surface area is 113 Å². The third-order valence-corrected chi connectivity index (χ3v) is 2.56. The molecule has 0 aliphatic rings. The Bertz CT molecular complexity index is 446. The topological polar surface area (TPSA) is 55.6 Å². The molecule has 0 bridgehead atoms. The highest BCUT2D eigenvalue weighted by atomic mass is 32.1. The number of thiocarbonyl (C=S) groups is 1. The third kappa shape index (κ3) is 3.70. The largest absolute Gasteiger partial charge is 0.449 e. The Hall–Kier alpha value is -1.62. The van der Waals surface area contributed by atoms with Gasteiger partial charge in [0.05, 0.1) is 12.3 Å². The highest BCUT2D eigenvalue weighted by Crippen LogP contribution is 2.19. The quantitative estimate of drug-likeness (QED) is 0.851. The molecule has 0 radical (unpaired) electrons. The average molecular weight is 266 g/mol. The lowest BCUT2D eigenvalue weighted by atomic mass is 10.1. The minimum atomic E-state index is -0.410. The molecule has 18 heavy (non-hydrogen) atoms. The van der Waals surface area contributed by atoms with Crippen molar-refractivity contribution in [1.82, 2.24) is 0 Å². The minimum Gasteiger partial charge on any atom is -0.449 e. The summed E-state index contributed by atoms with van der Waals surface area (Å²) in [4.78, 5) is 13.5. The zero-order valence-corrected chi connectivity index (χ0v) is 11.7. The first kappa shape index (κ1) is 14.4. The van der Waals surface area contributed by atoms with Gasteiger partial charge in [0.25, 0.3) is 0 Å². The maximum atomic E-state index is 11.8. The Morgan fingerprint density at radius 2 is 2.06 bits per heavy atom. The Kier molecular flexibility index (Phi) is 5.09. The lowest BCUT2D eigenvalue weighted by molar-refractivity contribution is 0.141. The standard InChI is InChI=1S/C13H18N2O2S/c1-9(2)8-17-13(16)15(3)11-7-5-4-6-10(11)12(14)18/h4-7,9H,8H2,1-3H3,(H2,14,18). The highest BCUT2D eigenvalue weighted by molar-refractivity contribution is 7.80. The number of nitrogens with two attached hydrogens (primary N) is 1. The summed E-state index contributed by atoms with van der Waals surface area (Å²) in [5, 5.41) is 0. The van der Waals surface area contributed by atoms with Crippen molar-refractivity contribution in [3.8, 4) is 0 Å². The van der Waals surface area contributed by atoms with Crippen LogP contribution in [0.25, 0.3) is 0 Å². The summed E-state index contributed by atoms with van der Waals surface area (Å²) in [5.74, 6) is 0.299. The van der Waals surface area contributed by atoms with Crippen LogP contribution in [-0.2, 0) is 4.74 Å². The monoisotopic (exact) mass is 266 g/mol. The van der Waals surface area contributed by atoms with Crippen LogP contribution in [0.4, 0.5) is 10.5 Å². The van der Waals surface area contributed by atoms with Gasteiger partial charge in [-0.1, -0.05) is 38.2 Å². The van der Waals surface area contributed by atoms with E-state index in [1.54, 1.807) is 19.2 Å². The number of hydrogen-bond donors (Lipinski definition) is 1. The predicted octanol–water partition coefficient (Wildman–Crippen LogP) is 2.55. The maximum absolute atomic E-state index is 11.8. The van der Waals surface area contributed by atoms with Crippen LogP contribution >= 0.6 is 12.2 Å². The van der Waals surface area contributed by atoms with E-state index in [9.17, 15) is 4.79 Å². The van der Waals surface area contributed by atoms with E-state index in [2.05, 4.69) is 0 Å². The molecule has 0 spiro atoms. The molecule has 2 N–H and O–H groups in total. The number of hydrogen-bond acceptors (Lipinski definition) is 3. The van der Waals surface area contributed by atoms with Crippen LogP contribution in [0.2, 0.25) is 0 Å². The fraction of sp³-hybridized carbons (Fsp3) is 0.385. The first-order chi connectivity index (χ1) is 8.43. The van der Waals surface area contributed by atoms with E-state index in [0.717, 1.165) is 0 Å². The summed E-state index contributed by atoms with van der Waals surface area (Å²) in [6.07, 6.45) is -0.410. The minimum absolute atomic E-state index is 0.258. The first-order valence-electron chi connectivity index (χ1n) is 5.72. The molecular formula is C13H18N2O2S. The third-order valence-electron chi connectivity index (χ3n) is 2.34. The number of benzene rings is 1. The maximum Gasteiger partial charge on any atom is 0.414 e. The van der Waals surface area contributed by atoms with Gasteiger partial charge in [0, 0.05) is 12.6 Å². The van der Waals surface area contributed by atoms with Crippen LogP contribution in [0, 0.1) is 5.92 Å². The predicted molar refractivity (Wildman–Crippen MR) is 76.9 cm³/mol. The Morgan fingerprint density at radius 3 is 2.61 bits per heavy atom. The van der Waals surface area contributed by atoms with Gasteiger partial charge >= 0.3 is 6.09 Å². The van der Waals surface area contributed by atoms with Crippen molar-refractivity contribution in [1.29, 1.82) is 0 Å². The Morgan fingerprint density at radius 1 is 1.44 bits per heavy atom. The second-order valence-corrected chi connectivity index (χ2v) is 4.85. The smallest absolute Gasteiger partial charge is 0.414 e. The van der Waals surface area contributed by atoms with Crippen LogP contribution in [0.1, 0.15) is 19.4 Å². The molecule has 5 heteroatoms. The normalized spacial score (nSPS) is 10.2. The van der Waals surface area contributed by atoms with Crippen LogP contribution in [0.5, 0.6) is 0 Å². The lowest BCUT2D eigenvalue weighted by Gasteiger charge is -2.20. The molecule has 0 atom stereocenters. The summed E-state index contributed by atoms with van der Waals surface area (Å²) in [7, 11) is 1.64. The number of carbonyl (C=O) groups excluding carboxylic acids is 1. The lowest BCUT2D eigenvalue weighted by Crippen LogP contribution is -2.30.